The maximum atomic E-state index is 12.8. The molecule has 0 atom stereocenters. The Morgan fingerprint density at radius 2 is 2.11 bits per heavy atom. The number of nitrogens with one attached hydrogen (secondary N) is 2. The van der Waals surface area contributed by atoms with Crippen molar-refractivity contribution < 1.29 is 18.3 Å². The lowest BCUT2D eigenvalue weighted by Gasteiger charge is -2.13. The van der Waals surface area contributed by atoms with Gasteiger partial charge in [0.25, 0.3) is 0 Å². The van der Waals surface area contributed by atoms with Gasteiger partial charge in [0.2, 0.25) is 0 Å². The number of guanidine groups is 1. The summed E-state index contributed by atoms with van der Waals surface area (Å²) >= 11 is 1.61. The number of benzene rings is 1. The van der Waals surface area contributed by atoms with Crippen LogP contribution in [0.2, 0.25) is 0 Å². The van der Waals surface area contributed by atoms with E-state index in [9.17, 15) is 8.78 Å². The molecule has 1 heterocycles. The van der Waals surface area contributed by atoms with E-state index < -0.39 is 6.61 Å². The Morgan fingerprint density at radius 3 is 2.75 bits per heavy atom. The highest BCUT2D eigenvalue weighted by molar-refractivity contribution is 7.11. The van der Waals surface area contributed by atoms with Gasteiger partial charge in [-0.1, -0.05) is 6.92 Å². The summed E-state index contributed by atoms with van der Waals surface area (Å²) in [5.41, 5.74) is 0.548. The van der Waals surface area contributed by atoms with E-state index in [0.29, 0.717) is 37.0 Å². The molecule has 0 spiro atoms. The van der Waals surface area contributed by atoms with Crippen molar-refractivity contribution in [2.45, 2.75) is 46.9 Å². The average molecular weight is 413 g/mol. The summed E-state index contributed by atoms with van der Waals surface area (Å²) in [5, 5.41) is 7.27. The van der Waals surface area contributed by atoms with Crippen LogP contribution in [0.25, 0.3) is 0 Å². The minimum Gasteiger partial charge on any atom is -0.493 e. The third kappa shape index (κ3) is 7.30. The lowest BCUT2D eigenvalue weighted by molar-refractivity contribution is -0.0505. The van der Waals surface area contributed by atoms with Crippen molar-refractivity contribution in [3.8, 4) is 11.5 Å². The molecule has 0 saturated carbocycles. The minimum absolute atomic E-state index is 0.0683. The van der Waals surface area contributed by atoms with Crippen LogP contribution in [0.3, 0.4) is 0 Å². The maximum Gasteiger partial charge on any atom is 0.387 e. The van der Waals surface area contributed by atoms with Crippen LogP contribution in [-0.2, 0) is 13.1 Å². The number of aromatic nitrogens is 1. The first-order valence-electron chi connectivity index (χ1n) is 9.15. The molecule has 2 N–H and O–H groups in total. The third-order valence-corrected chi connectivity index (χ3v) is 4.47. The fourth-order valence-electron chi connectivity index (χ4n) is 2.33. The van der Waals surface area contributed by atoms with Crippen molar-refractivity contribution in [2.75, 3.05) is 13.2 Å². The molecular weight excluding hydrogens is 386 g/mol. The quantitative estimate of drug-likeness (QED) is 0.454. The molecule has 0 radical (unpaired) electrons. The number of aryl methyl sites for hydroxylation is 1. The highest BCUT2D eigenvalue weighted by Crippen LogP contribution is 2.27. The maximum absolute atomic E-state index is 12.8. The van der Waals surface area contributed by atoms with Gasteiger partial charge in [0.15, 0.2) is 5.96 Å². The number of thiazole rings is 1. The van der Waals surface area contributed by atoms with Crippen molar-refractivity contribution in [1.29, 1.82) is 0 Å². The van der Waals surface area contributed by atoms with Crippen molar-refractivity contribution in [3.63, 3.8) is 0 Å². The van der Waals surface area contributed by atoms with E-state index in [-0.39, 0.29) is 12.3 Å². The van der Waals surface area contributed by atoms with Crippen LogP contribution in [-0.4, -0.2) is 30.7 Å². The summed E-state index contributed by atoms with van der Waals surface area (Å²) in [4.78, 5) is 9.91. The van der Waals surface area contributed by atoms with Gasteiger partial charge in [0.1, 0.15) is 16.5 Å². The smallest absolute Gasteiger partial charge is 0.387 e. The van der Waals surface area contributed by atoms with Gasteiger partial charge in [0, 0.05) is 29.2 Å². The summed E-state index contributed by atoms with van der Waals surface area (Å²) in [7, 11) is 0. The monoisotopic (exact) mass is 412 g/mol. The van der Waals surface area contributed by atoms with Gasteiger partial charge in [-0.15, -0.1) is 11.3 Å². The highest BCUT2D eigenvalue weighted by atomic mass is 32.1. The van der Waals surface area contributed by atoms with E-state index in [0.717, 1.165) is 16.3 Å². The normalized spacial score (nSPS) is 11.6. The van der Waals surface area contributed by atoms with Crippen molar-refractivity contribution >= 4 is 17.3 Å². The van der Waals surface area contributed by atoms with Gasteiger partial charge in [-0.05, 0) is 32.4 Å². The lowest BCUT2D eigenvalue weighted by atomic mass is 10.2. The van der Waals surface area contributed by atoms with Gasteiger partial charge >= 0.3 is 6.61 Å². The van der Waals surface area contributed by atoms with Crippen molar-refractivity contribution in [1.82, 2.24) is 15.6 Å². The number of hydrogen-bond donors (Lipinski definition) is 2. The molecule has 9 heteroatoms. The second-order valence-electron chi connectivity index (χ2n) is 5.91. The number of ether oxygens (including phenoxy) is 2. The Balaban J connectivity index is 2.09. The zero-order valence-electron chi connectivity index (χ0n) is 16.3. The summed E-state index contributed by atoms with van der Waals surface area (Å²) in [6.45, 7) is 4.92. The summed E-state index contributed by atoms with van der Waals surface area (Å²) in [5.74, 6) is 1.14. The van der Waals surface area contributed by atoms with Gasteiger partial charge in [0.05, 0.1) is 19.7 Å². The van der Waals surface area contributed by atoms with Crippen LogP contribution in [0.1, 0.15) is 35.7 Å². The Hall–Kier alpha value is -2.42. The first-order chi connectivity index (χ1) is 13.5. The van der Waals surface area contributed by atoms with E-state index in [1.54, 1.807) is 23.5 Å². The van der Waals surface area contributed by atoms with Crippen LogP contribution >= 0.6 is 11.3 Å². The molecule has 0 amide bonds. The first-order valence-corrected chi connectivity index (χ1v) is 9.97. The van der Waals surface area contributed by atoms with Crippen molar-refractivity contribution in [3.05, 3.63) is 39.8 Å². The van der Waals surface area contributed by atoms with Crippen LogP contribution in [0, 0.1) is 6.92 Å². The predicted octanol–water partition coefficient (Wildman–Crippen LogP) is 4.10. The number of aliphatic imine (C=N–C) groups is 1. The zero-order valence-corrected chi connectivity index (χ0v) is 17.1. The fourth-order valence-corrected chi connectivity index (χ4v) is 3.06. The van der Waals surface area contributed by atoms with Crippen LogP contribution < -0.4 is 20.1 Å². The molecule has 28 heavy (non-hydrogen) atoms. The molecule has 0 aliphatic carbocycles. The molecule has 154 valence electrons. The highest BCUT2D eigenvalue weighted by Gasteiger charge is 2.12. The summed E-state index contributed by atoms with van der Waals surface area (Å²) < 4.78 is 35.7. The zero-order chi connectivity index (χ0) is 20.4. The lowest BCUT2D eigenvalue weighted by Crippen LogP contribution is -2.36. The molecule has 1 aromatic carbocycles. The van der Waals surface area contributed by atoms with E-state index in [1.807, 2.05) is 27.0 Å². The van der Waals surface area contributed by atoms with Crippen LogP contribution in [0.5, 0.6) is 11.5 Å². The van der Waals surface area contributed by atoms with E-state index >= 15 is 0 Å². The minimum atomic E-state index is -2.91. The Labute approximate surface area is 168 Å². The van der Waals surface area contributed by atoms with Gasteiger partial charge in [-0.25, -0.2) is 9.98 Å². The molecule has 6 nitrogen and oxygen atoms in total. The number of alkyl halides is 2. The topological polar surface area (TPSA) is 67.8 Å². The molecule has 0 saturated heterocycles. The van der Waals surface area contributed by atoms with Crippen LogP contribution in [0.4, 0.5) is 8.78 Å². The summed E-state index contributed by atoms with van der Waals surface area (Å²) in [6, 6.07) is 4.91. The SMILES string of the molecule is CCCOc1ccc(CN=C(NCC)NCc2ncc(C)s2)c(OC(F)F)c1. The third-order valence-electron chi connectivity index (χ3n) is 3.56. The Bertz CT molecular complexity index is 768. The van der Waals surface area contributed by atoms with Crippen LogP contribution in [0.15, 0.2) is 29.4 Å². The molecule has 0 aliphatic rings. The predicted molar refractivity (Wildman–Crippen MR) is 107 cm³/mol. The number of nitrogens with zero attached hydrogens (tertiary/aromatic N) is 2. The molecule has 0 bridgehead atoms. The van der Waals surface area contributed by atoms with E-state index in [1.165, 1.54) is 6.07 Å². The van der Waals surface area contributed by atoms with Gasteiger partial charge in [-0.2, -0.15) is 8.78 Å². The molecular formula is C19H26F2N4O2S. The Kier molecular flexibility index (Phi) is 8.93. The number of halogens is 2. The first kappa shape index (κ1) is 21.9. The van der Waals surface area contributed by atoms with E-state index in [2.05, 4.69) is 25.3 Å². The standard InChI is InChI=1S/C19H26F2N4O2S/c1-4-8-26-15-7-6-14(16(9-15)27-18(20)21)11-24-19(22-5-2)25-12-17-23-10-13(3)28-17/h6-7,9-10,18H,4-5,8,11-12H2,1-3H3,(H2,22,24,25). The molecule has 0 aliphatic heterocycles. The largest absolute Gasteiger partial charge is 0.493 e. The fraction of sp³-hybridized carbons (Fsp3) is 0.474. The van der Waals surface area contributed by atoms with Crippen molar-refractivity contribution in [2.24, 2.45) is 4.99 Å². The molecule has 2 rings (SSSR count). The Morgan fingerprint density at radius 1 is 1.29 bits per heavy atom. The number of rotatable bonds is 10. The molecule has 1 aromatic heterocycles. The molecule has 0 unspecified atom stereocenters. The second kappa shape index (κ2) is 11.4. The van der Waals surface area contributed by atoms with E-state index in [4.69, 9.17) is 4.74 Å². The number of hydrogen-bond acceptors (Lipinski definition) is 5. The summed E-state index contributed by atoms with van der Waals surface area (Å²) in [6.07, 6.45) is 2.65. The second-order valence-corrected chi connectivity index (χ2v) is 7.23. The molecule has 0 fully saturated rings. The van der Waals surface area contributed by atoms with Gasteiger partial charge < -0.3 is 20.1 Å². The molecule has 2 aromatic rings. The average Bonchev–Trinajstić information content (AvgIpc) is 3.08. The van der Waals surface area contributed by atoms with Gasteiger partial charge in [-0.3, -0.25) is 0 Å².